The molecule has 1 aromatic carbocycles. The Balaban J connectivity index is 1.96. The Bertz CT molecular complexity index is 942. The van der Waals surface area contributed by atoms with Crippen LogP contribution in [0.4, 0.5) is 10.3 Å². The van der Waals surface area contributed by atoms with Crippen molar-refractivity contribution in [1.82, 2.24) is 15.0 Å². The van der Waals surface area contributed by atoms with Crippen molar-refractivity contribution in [3.05, 3.63) is 53.6 Å². The van der Waals surface area contributed by atoms with Gasteiger partial charge in [-0.2, -0.15) is 0 Å². The van der Waals surface area contributed by atoms with Crippen molar-refractivity contribution in [3.8, 4) is 28.3 Å². The number of nitrogen functional groups attached to an aromatic ring is 1. The molecule has 0 fully saturated rings. The highest BCUT2D eigenvalue weighted by molar-refractivity contribution is 5.78. The number of benzene rings is 1. The second-order valence-electron chi connectivity index (χ2n) is 5.67. The van der Waals surface area contributed by atoms with E-state index >= 15 is 0 Å². The topological polar surface area (TPSA) is 73.9 Å². The summed E-state index contributed by atoms with van der Waals surface area (Å²) in [4.78, 5) is 13.0. The van der Waals surface area contributed by atoms with Gasteiger partial charge in [0.1, 0.15) is 11.6 Å². The maximum atomic E-state index is 13.7. The van der Waals surface area contributed by atoms with Gasteiger partial charge in [-0.25, -0.2) is 14.4 Å². The Morgan fingerprint density at radius 3 is 2.75 bits per heavy atom. The van der Waals surface area contributed by atoms with Gasteiger partial charge >= 0.3 is 0 Å². The monoisotopic (exact) mass is 322 g/mol. The summed E-state index contributed by atoms with van der Waals surface area (Å²) in [5.74, 6) is 0.507. The van der Waals surface area contributed by atoms with Crippen LogP contribution in [0.1, 0.15) is 11.1 Å². The molecule has 0 radical (unpaired) electrons. The number of anilines is 1. The summed E-state index contributed by atoms with van der Waals surface area (Å²) >= 11 is 0. The Morgan fingerprint density at radius 1 is 1.08 bits per heavy atom. The number of hydrogen-bond acceptors (Lipinski definition) is 5. The zero-order valence-corrected chi connectivity index (χ0v) is 13.1. The Morgan fingerprint density at radius 2 is 1.92 bits per heavy atom. The maximum absolute atomic E-state index is 13.7. The van der Waals surface area contributed by atoms with Crippen LogP contribution < -0.4 is 10.5 Å². The fraction of sp³-hybridized carbons (Fsp3) is 0.167. The van der Waals surface area contributed by atoms with Gasteiger partial charge in [0.25, 0.3) is 0 Å². The zero-order valence-electron chi connectivity index (χ0n) is 13.1. The lowest BCUT2D eigenvalue weighted by atomic mass is 9.87. The molecule has 4 rings (SSSR count). The van der Waals surface area contributed by atoms with Crippen molar-refractivity contribution in [3.63, 3.8) is 0 Å². The molecule has 5 nitrogen and oxygen atoms in total. The Hall–Kier alpha value is -3.02. The minimum Gasteiger partial charge on any atom is -0.495 e. The third-order valence-corrected chi connectivity index (χ3v) is 4.22. The molecule has 0 atom stereocenters. The van der Waals surface area contributed by atoms with E-state index in [1.807, 2.05) is 6.07 Å². The quantitative estimate of drug-likeness (QED) is 0.785. The van der Waals surface area contributed by atoms with Crippen LogP contribution in [-0.4, -0.2) is 22.1 Å². The third kappa shape index (κ3) is 2.36. The molecule has 120 valence electrons. The van der Waals surface area contributed by atoms with E-state index < -0.39 is 0 Å². The van der Waals surface area contributed by atoms with Crippen molar-refractivity contribution in [2.24, 2.45) is 0 Å². The van der Waals surface area contributed by atoms with E-state index in [9.17, 15) is 4.39 Å². The smallest absolute Gasteiger partial charge is 0.221 e. The third-order valence-electron chi connectivity index (χ3n) is 4.22. The molecule has 0 aliphatic heterocycles. The number of nitrogens with two attached hydrogens (primary N) is 1. The maximum Gasteiger partial charge on any atom is 0.221 e. The summed E-state index contributed by atoms with van der Waals surface area (Å²) in [7, 11) is 1.59. The predicted molar refractivity (Wildman–Crippen MR) is 89.0 cm³/mol. The lowest BCUT2D eigenvalue weighted by Gasteiger charge is -2.21. The number of aryl methyl sites for hydroxylation is 1. The summed E-state index contributed by atoms with van der Waals surface area (Å²) in [6.45, 7) is 0. The van der Waals surface area contributed by atoms with E-state index in [0.717, 1.165) is 40.8 Å². The molecule has 0 saturated carbocycles. The molecular formula is C18H15FN4O. The highest BCUT2D eigenvalue weighted by Crippen LogP contribution is 2.37. The average molecular weight is 322 g/mol. The van der Waals surface area contributed by atoms with Crippen LogP contribution in [0, 0.1) is 5.82 Å². The number of hydrogen-bond donors (Lipinski definition) is 1. The fourth-order valence-electron chi connectivity index (χ4n) is 3.11. The first-order valence-corrected chi connectivity index (χ1v) is 7.60. The first-order valence-electron chi connectivity index (χ1n) is 7.60. The molecular weight excluding hydrogens is 307 g/mol. The molecule has 0 spiro atoms. The molecule has 3 aromatic rings. The van der Waals surface area contributed by atoms with Crippen molar-refractivity contribution in [1.29, 1.82) is 0 Å². The van der Waals surface area contributed by atoms with Crippen LogP contribution in [0.25, 0.3) is 22.5 Å². The Labute approximate surface area is 138 Å². The van der Waals surface area contributed by atoms with Crippen LogP contribution in [0.3, 0.4) is 0 Å². The molecule has 6 heteroatoms. The molecule has 2 heterocycles. The zero-order chi connectivity index (χ0) is 16.7. The van der Waals surface area contributed by atoms with Gasteiger partial charge in [0, 0.05) is 22.9 Å². The van der Waals surface area contributed by atoms with Crippen LogP contribution in [-0.2, 0) is 12.8 Å². The van der Waals surface area contributed by atoms with Gasteiger partial charge in [-0.15, -0.1) is 0 Å². The first-order chi connectivity index (χ1) is 11.7. The van der Waals surface area contributed by atoms with Gasteiger partial charge < -0.3 is 10.5 Å². The molecule has 24 heavy (non-hydrogen) atoms. The first kappa shape index (κ1) is 14.6. The largest absolute Gasteiger partial charge is 0.495 e. The summed E-state index contributed by atoms with van der Waals surface area (Å²) in [6, 6.07) is 6.64. The summed E-state index contributed by atoms with van der Waals surface area (Å²) in [6.07, 6.45) is 4.91. The number of pyridine rings is 1. The molecule has 0 bridgehead atoms. The van der Waals surface area contributed by atoms with Gasteiger partial charge in [-0.1, -0.05) is 6.07 Å². The lowest BCUT2D eigenvalue weighted by molar-refractivity contribution is 0.413. The average Bonchev–Trinajstić information content (AvgIpc) is 2.61. The highest BCUT2D eigenvalue weighted by atomic mass is 19.1. The van der Waals surface area contributed by atoms with E-state index in [2.05, 4.69) is 15.0 Å². The van der Waals surface area contributed by atoms with E-state index in [-0.39, 0.29) is 11.8 Å². The molecule has 2 N–H and O–H groups in total. The second kappa shape index (κ2) is 5.56. The minimum atomic E-state index is -0.289. The normalized spacial score (nSPS) is 12.4. The van der Waals surface area contributed by atoms with Crippen LogP contribution in [0.5, 0.6) is 5.75 Å². The van der Waals surface area contributed by atoms with Crippen molar-refractivity contribution in [2.45, 2.75) is 12.8 Å². The van der Waals surface area contributed by atoms with Crippen LogP contribution in [0.2, 0.25) is 0 Å². The van der Waals surface area contributed by atoms with E-state index in [1.54, 1.807) is 25.6 Å². The molecule has 0 unspecified atom stereocenters. The standard InChI is InChI=1S/C18H15FN4O/c1-24-13-6-11(8-21-9-13)16-14-5-3-10-2-4-12(19)7-15(10)17(14)23-18(20)22-16/h2,4,6-9H,3,5H2,1H3,(H2,20,22,23). The van der Waals surface area contributed by atoms with Gasteiger partial charge in [-0.3, -0.25) is 4.98 Å². The lowest BCUT2D eigenvalue weighted by Crippen LogP contribution is -2.11. The van der Waals surface area contributed by atoms with Crippen molar-refractivity contribution in [2.75, 3.05) is 12.8 Å². The minimum absolute atomic E-state index is 0.156. The highest BCUT2D eigenvalue weighted by Gasteiger charge is 2.23. The summed E-state index contributed by atoms with van der Waals surface area (Å²) in [5.41, 5.74) is 10.9. The number of rotatable bonds is 2. The van der Waals surface area contributed by atoms with E-state index in [0.29, 0.717) is 11.4 Å². The number of methoxy groups -OCH3 is 1. The molecule has 0 amide bonds. The predicted octanol–water partition coefficient (Wildman–Crippen LogP) is 3.03. The number of nitrogens with zero attached hydrogens (tertiary/aromatic N) is 3. The van der Waals surface area contributed by atoms with Gasteiger partial charge in [0.15, 0.2) is 0 Å². The Kier molecular flexibility index (Phi) is 3.37. The van der Waals surface area contributed by atoms with Crippen molar-refractivity contribution >= 4 is 5.95 Å². The molecule has 0 saturated heterocycles. The molecule has 1 aliphatic rings. The van der Waals surface area contributed by atoms with Crippen molar-refractivity contribution < 1.29 is 9.13 Å². The molecule has 2 aromatic heterocycles. The SMILES string of the molecule is COc1cncc(-c2nc(N)nc3c2CCc2ccc(F)cc2-3)c1. The number of aromatic nitrogens is 3. The molecule has 1 aliphatic carbocycles. The van der Waals surface area contributed by atoms with E-state index in [1.165, 1.54) is 12.1 Å². The number of halogens is 1. The number of fused-ring (bicyclic) bond motifs is 3. The van der Waals surface area contributed by atoms with Gasteiger partial charge in [0.2, 0.25) is 5.95 Å². The van der Waals surface area contributed by atoms with Gasteiger partial charge in [-0.05, 0) is 36.6 Å². The van der Waals surface area contributed by atoms with E-state index in [4.69, 9.17) is 10.5 Å². The fourth-order valence-corrected chi connectivity index (χ4v) is 3.11. The van der Waals surface area contributed by atoms with Gasteiger partial charge in [0.05, 0.1) is 24.7 Å². The summed E-state index contributed by atoms with van der Waals surface area (Å²) in [5, 5.41) is 0. The van der Waals surface area contributed by atoms with Crippen LogP contribution >= 0.6 is 0 Å². The second-order valence-corrected chi connectivity index (χ2v) is 5.67. The summed E-state index contributed by atoms with van der Waals surface area (Å²) < 4.78 is 18.9. The van der Waals surface area contributed by atoms with Crippen LogP contribution in [0.15, 0.2) is 36.7 Å². The number of ether oxygens (including phenoxy) is 1.